The van der Waals surface area contributed by atoms with E-state index in [-0.39, 0.29) is 5.91 Å². The van der Waals surface area contributed by atoms with Crippen molar-refractivity contribution in [3.63, 3.8) is 0 Å². The smallest absolute Gasteiger partial charge is 0.256 e. The fourth-order valence-corrected chi connectivity index (χ4v) is 3.36. The molecule has 1 aromatic carbocycles. The number of nitrogens with zero attached hydrogens (tertiary/aromatic N) is 3. The van der Waals surface area contributed by atoms with Gasteiger partial charge in [0.1, 0.15) is 17.3 Å². The maximum atomic E-state index is 12.6. The normalized spacial score (nSPS) is 10.7. The molecular weight excluding hydrogens is 364 g/mol. The van der Waals surface area contributed by atoms with E-state index < -0.39 is 0 Å². The summed E-state index contributed by atoms with van der Waals surface area (Å²) in [7, 11) is 1.56. The molecule has 0 aliphatic rings. The Balaban J connectivity index is 1.62. The van der Waals surface area contributed by atoms with Crippen molar-refractivity contribution < 1.29 is 13.9 Å². The molecule has 0 unspecified atom stereocenters. The van der Waals surface area contributed by atoms with E-state index in [1.807, 2.05) is 24.4 Å². The van der Waals surface area contributed by atoms with E-state index >= 15 is 0 Å². The Morgan fingerprint density at radius 1 is 1.26 bits per heavy atom. The Kier molecular flexibility index (Phi) is 4.47. The molecule has 0 fully saturated rings. The van der Waals surface area contributed by atoms with E-state index in [1.165, 1.54) is 11.3 Å². The van der Waals surface area contributed by atoms with Crippen LogP contribution in [-0.2, 0) is 0 Å². The van der Waals surface area contributed by atoms with Crippen molar-refractivity contribution in [3.8, 4) is 22.3 Å². The van der Waals surface area contributed by atoms with Crippen LogP contribution in [-0.4, -0.2) is 27.8 Å². The molecule has 1 N–H and O–H groups in total. The molecule has 136 valence electrons. The number of benzene rings is 1. The Hall–Kier alpha value is -3.39. The molecule has 4 rings (SSSR count). The minimum Gasteiger partial charge on any atom is -0.497 e. The minimum atomic E-state index is -0.252. The first kappa shape index (κ1) is 17.0. The first-order chi connectivity index (χ1) is 13.1. The average Bonchev–Trinajstić information content (AvgIpc) is 3.42. The van der Waals surface area contributed by atoms with Crippen LogP contribution in [0, 0.1) is 6.92 Å². The second-order valence-electron chi connectivity index (χ2n) is 5.76. The number of nitrogens with one attached hydrogen (secondary N) is 1. The van der Waals surface area contributed by atoms with Gasteiger partial charge in [-0.15, -0.1) is 11.3 Å². The third kappa shape index (κ3) is 3.47. The van der Waals surface area contributed by atoms with E-state index in [2.05, 4.69) is 15.4 Å². The van der Waals surface area contributed by atoms with Crippen LogP contribution in [0.25, 0.3) is 16.6 Å². The lowest BCUT2D eigenvalue weighted by Crippen LogP contribution is -2.15. The lowest BCUT2D eigenvalue weighted by atomic mass is 10.2. The number of ether oxygens (including phenoxy) is 1. The molecule has 3 heterocycles. The van der Waals surface area contributed by atoms with Crippen LogP contribution in [0.4, 0.5) is 5.82 Å². The summed E-state index contributed by atoms with van der Waals surface area (Å²) in [6.45, 7) is 1.86. The number of aromatic nitrogens is 3. The van der Waals surface area contributed by atoms with Gasteiger partial charge in [0.2, 0.25) is 5.13 Å². The lowest BCUT2D eigenvalue weighted by molar-refractivity contribution is 0.102. The van der Waals surface area contributed by atoms with Crippen LogP contribution in [0.1, 0.15) is 16.1 Å². The van der Waals surface area contributed by atoms with Gasteiger partial charge in [0.15, 0.2) is 5.76 Å². The van der Waals surface area contributed by atoms with Crippen molar-refractivity contribution in [1.29, 1.82) is 0 Å². The summed E-state index contributed by atoms with van der Waals surface area (Å²) >= 11 is 1.42. The summed E-state index contributed by atoms with van der Waals surface area (Å²) < 4.78 is 12.2. The molecular formula is C19H16N4O3S. The summed E-state index contributed by atoms with van der Waals surface area (Å²) in [5.41, 5.74) is 1.99. The first-order valence-electron chi connectivity index (χ1n) is 8.16. The largest absolute Gasteiger partial charge is 0.497 e. The van der Waals surface area contributed by atoms with Crippen molar-refractivity contribution in [2.75, 3.05) is 12.4 Å². The fourth-order valence-electron chi connectivity index (χ4n) is 2.59. The highest BCUT2D eigenvalue weighted by Gasteiger charge is 2.16. The molecule has 0 aliphatic heterocycles. The summed E-state index contributed by atoms with van der Waals surface area (Å²) in [6.07, 6.45) is 1.60. The fraction of sp³-hybridized carbons (Fsp3) is 0.105. The zero-order valence-corrected chi connectivity index (χ0v) is 15.5. The second-order valence-corrected chi connectivity index (χ2v) is 6.60. The quantitative estimate of drug-likeness (QED) is 0.562. The van der Waals surface area contributed by atoms with Crippen LogP contribution >= 0.6 is 11.3 Å². The number of rotatable bonds is 5. The molecule has 0 radical (unpaired) electrons. The summed E-state index contributed by atoms with van der Waals surface area (Å²) in [5.74, 6) is 1.59. The summed E-state index contributed by atoms with van der Waals surface area (Å²) in [4.78, 5) is 17.2. The third-order valence-corrected chi connectivity index (χ3v) is 4.67. The van der Waals surface area contributed by atoms with Gasteiger partial charge in [-0.1, -0.05) is 6.07 Å². The number of hydrogen-bond donors (Lipinski definition) is 1. The predicted octanol–water partition coefficient (Wildman–Crippen LogP) is 4.16. The van der Waals surface area contributed by atoms with Crippen molar-refractivity contribution in [2.24, 2.45) is 0 Å². The molecule has 0 saturated heterocycles. The maximum Gasteiger partial charge on any atom is 0.256 e. The van der Waals surface area contributed by atoms with Gasteiger partial charge in [-0.05, 0) is 37.3 Å². The molecule has 0 spiro atoms. The van der Waals surface area contributed by atoms with Gasteiger partial charge in [-0.25, -0.2) is 4.98 Å². The number of aryl methyl sites for hydroxylation is 1. The number of amides is 1. The number of thiazole rings is 1. The topological polar surface area (TPSA) is 82.2 Å². The average molecular weight is 380 g/mol. The Labute approximate surface area is 159 Å². The van der Waals surface area contributed by atoms with Gasteiger partial charge in [0, 0.05) is 17.0 Å². The van der Waals surface area contributed by atoms with E-state index in [9.17, 15) is 4.79 Å². The molecule has 3 aromatic heterocycles. The maximum absolute atomic E-state index is 12.6. The monoisotopic (exact) mass is 380 g/mol. The van der Waals surface area contributed by atoms with Gasteiger partial charge in [-0.3, -0.25) is 4.79 Å². The van der Waals surface area contributed by atoms with Crippen LogP contribution in [0.5, 0.6) is 5.75 Å². The molecule has 0 atom stereocenters. The molecule has 0 bridgehead atoms. The molecule has 7 nitrogen and oxygen atoms in total. The number of furan rings is 1. The number of methoxy groups -OCH3 is 1. The predicted molar refractivity (Wildman–Crippen MR) is 103 cm³/mol. The Bertz CT molecular complexity index is 1080. The molecule has 27 heavy (non-hydrogen) atoms. The van der Waals surface area contributed by atoms with E-state index in [1.54, 1.807) is 48.4 Å². The van der Waals surface area contributed by atoms with Crippen LogP contribution in [0.3, 0.4) is 0 Å². The SMILES string of the molecule is COc1cccc(C(=O)Nc2cc(C)nn2-c2nc(-c3ccco3)cs2)c1. The molecule has 4 aromatic rings. The number of anilines is 1. The van der Waals surface area contributed by atoms with E-state index in [0.29, 0.717) is 28.0 Å². The van der Waals surface area contributed by atoms with Gasteiger partial charge in [0.05, 0.1) is 19.1 Å². The number of carbonyl (C=O) groups excluding carboxylic acids is 1. The standard InChI is InChI=1S/C19H16N4O3S/c1-12-9-17(21-18(24)13-5-3-6-14(10-13)25-2)23(22-12)19-20-15(11-27-19)16-7-4-8-26-16/h3-11H,1-2H3,(H,21,24). The molecule has 8 heteroatoms. The van der Waals surface area contributed by atoms with Gasteiger partial charge in [0.25, 0.3) is 5.91 Å². The minimum absolute atomic E-state index is 0.252. The third-order valence-electron chi connectivity index (χ3n) is 3.85. The van der Waals surface area contributed by atoms with Crippen molar-refractivity contribution in [3.05, 3.63) is 65.4 Å². The highest BCUT2D eigenvalue weighted by molar-refractivity contribution is 7.12. The zero-order valence-electron chi connectivity index (χ0n) is 14.7. The van der Waals surface area contributed by atoms with Crippen LogP contribution in [0.15, 0.2) is 58.5 Å². The highest BCUT2D eigenvalue weighted by Crippen LogP contribution is 2.27. The Morgan fingerprint density at radius 3 is 2.93 bits per heavy atom. The van der Waals surface area contributed by atoms with Gasteiger partial charge >= 0.3 is 0 Å². The number of carbonyl (C=O) groups is 1. The van der Waals surface area contributed by atoms with E-state index in [0.717, 1.165) is 11.4 Å². The molecule has 0 saturated carbocycles. The van der Waals surface area contributed by atoms with Crippen molar-refractivity contribution in [1.82, 2.24) is 14.8 Å². The van der Waals surface area contributed by atoms with Crippen LogP contribution < -0.4 is 10.1 Å². The molecule has 1 amide bonds. The van der Waals surface area contributed by atoms with Crippen molar-refractivity contribution in [2.45, 2.75) is 6.92 Å². The highest BCUT2D eigenvalue weighted by atomic mass is 32.1. The van der Waals surface area contributed by atoms with Crippen LogP contribution in [0.2, 0.25) is 0 Å². The van der Waals surface area contributed by atoms with Gasteiger partial charge in [-0.2, -0.15) is 9.78 Å². The van der Waals surface area contributed by atoms with E-state index in [4.69, 9.17) is 9.15 Å². The Morgan fingerprint density at radius 2 is 2.15 bits per heavy atom. The summed E-state index contributed by atoms with van der Waals surface area (Å²) in [5, 5.41) is 9.86. The second kappa shape index (κ2) is 7.08. The molecule has 0 aliphatic carbocycles. The first-order valence-corrected chi connectivity index (χ1v) is 9.04. The van der Waals surface area contributed by atoms with Gasteiger partial charge < -0.3 is 14.5 Å². The number of hydrogen-bond acceptors (Lipinski definition) is 6. The van der Waals surface area contributed by atoms with Crippen molar-refractivity contribution >= 4 is 23.1 Å². The zero-order chi connectivity index (χ0) is 18.8. The lowest BCUT2D eigenvalue weighted by Gasteiger charge is -2.07. The summed E-state index contributed by atoms with van der Waals surface area (Å²) in [6, 6.07) is 12.4.